The van der Waals surface area contributed by atoms with Crippen LogP contribution < -0.4 is 16.2 Å². The first-order valence-corrected chi connectivity index (χ1v) is 10.8. The van der Waals surface area contributed by atoms with E-state index in [4.69, 9.17) is 4.74 Å². The van der Waals surface area contributed by atoms with Crippen molar-refractivity contribution in [1.82, 2.24) is 15.6 Å². The van der Waals surface area contributed by atoms with E-state index in [2.05, 4.69) is 15.6 Å². The first kappa shape index (κ1) is 25.5. The van der Waals surface area contributed by atoms with E-state index in [9.17, 15) is 28.0 Å². The molecule has 2 amide bonds. The summed E-state index contributed by atoms with van der Waals surface area (Å²) in [6.45, 7) is 6.11. The Hall–Kier alpha value is -4.08. The van der Waals surface area contributed by atoms with Gasteiger partial charge in [0.1, 0.15) is 23.8 Å². The molecule has 3 aromatic rings. The van der Waals surface area contributed by atoms with Gasteiger partial charge >= 0.3 is 6.09 Å². The van der Waals surface area contributed by atoms with Crippen LogP contribution in [0.5, 0.6) is 0 Å². The number of carbonyl (C=O) groups excluding carboxylic acids is 3. The van der Waals surface area contributed by atoms with E-state index >= 15 is 0 Å². The molecule has 1 unspecified atom stereocenters. The number of nitrogens with one attached hydrogen (secondary N) is 3. The maximum atomic E-state index is 14.9. The fourth-order valence-corrected chi connectivity index (χ4v) is 3.46. The Morgan fingerprint density at radius 3 is 2.34 bits per heavy atom. The second-order valence-corrected chi connectivity index (χ2v) is 8.91. The van der Waals surface area contributed by atoms with Crippen LogP contribution in [0.25, 0.3) is 10.8 Å². The van der Waals surface area contributed by atoms with Crippen LogP contribution in [0.2, 0.25) is 0 Å². The molecule has 10 heteroatoms. The number of ether oxygens (including phenoxy) is 1. The van der Waals surface area contributed by atoms with Gasteiger partial charge in [-0.3, -0.25) is 14.4 Å². The van der Waals surface area contributed by atoms with Crippen LogP contribution in [0.1, 0.15) is 55.2 Å². The number of pyridine rings is 1. The monoisotopic (exact) mass is 485 g/mol. The summed E-state index contributed by atoms with van der Waals surface area (Å²) in [6, 6.07) is 6.92. The third kappa shape index (κ3) is 6.08. The van der Waals surface area contributed by atoms with Gasteiger partial charge in [0.25, 0.3) is 5.56 Å². The van der Waals surface area contributed by atoms with Crippen molar-refractivity contribution in [3.63, 3.8) is 0 Å². The second kappa shape index (κ2) is 10.0. The van der Waals surface area contributed by atoms with Gasteiger partial charge in [0, 0.05) is 17.1 Å². The number of rotatable bonds is 6. The fraction of sp³-hybridized carbons (Fsp3) is 0.280. The highest BCUT2D eigenvalue weighted by Crippen LogP contribution is 2.25. The maximum Gasteiger partial charge on any atom is 0.408 e. The predicted molar refractivity (Wildman–Crippen MR) is 125 cm³/mol. The maximum absolute atomic E-state index is 14.9. The van der Waals surface area contributed by atoms with Crippen molar-refractivity contribution in [3.05, 3.63) is 81.3 Å². The van der Waals surface area contributed by atoms with Crippen LogP contribution in [-0.2, 0) is 9.53 Å². The van der Waals surface area contributed by atoms with Crippen molar-refractivity contribution in [2.45, 2.75) is 39.3 Å². The molecule has 0 fully saturated rings. The Kier molecular flexibility index (Phi) is 7.33. The molecule has 1 heterocycles. The molecule has 184 valence electrons. The molecule has 1 aromatic heterocycles. The Balaban J connectivity index is 1.77. The number of carbonyl (C=O) groups is 3. The van der Waals surface area contributed by atoms with E-state index in [1.807, 2.05) is 0 Å². The molecule has 1 atom stereocenters. The number of aromatic nitrogens is 1. The molecule has 2 aromatic carbocycles. The minimum atomic E-state index is -1.11. The van der Waals surface area contributed by atoms with Gasteiger partial charge in [-0.1, -0.05) is 12.1 Å². The smallest absolute Gasteiger partial charge is 0.408 e. The zero-order valence-electron chi connectivity index (χ0n) is 19.6. The summed E-state index contributed by atoms with van der Waals surface area (Å²) in [6.07, 6.45) is 0.565. The first-order chi connectivity index (χ1) is 16.4. The quantitative estimate of drug-likeness (QED) is 0.460. The summed E-state index contributed by atoms with van der Waals surface area (Å²) in [4.78, 5) is 51.3. The summed E-state index contributed by atoms with van der Waals surface area (Å²) < 4.78 is 34.9. The number of hydrogen-bond donors (Lipinski definition) is 3. The minimum absolute atomic E-state index is 0.0197. The zero-order valence-corrected chi connectivity index (χ0v) is 19.6. The highest BCUT2D eigenvalue weighted by Gasteiger charge is 2.24. The minimum Gasteiger partial charge on any atom is -0.444 e. The van der Waals surface area contributed by atoms with Crippen LogP contribution in [-0.4, -0.2) is 34.9 Å². The van der Waals surface area contributed by atoms with Gasteiger partial charge in [0.15, 0.2) is 5.78 Å². The number of hydrogen-bond acceptors (Lipinski definition) is 5. The summed E-state index contributed by atoms with van der Waals surface area (Å²) in [7, 11) is 0. The standard InChI is InChI=1S/C25H25F2N3O5/c1-13(30-20(31)12-29-24(34)35-25(2,3)4)14-10-18(26)21(19(27)11-14)22(32)16-6-5-7-17-15(16)8-9-28-23(17)33/h5-11,13H,12H2,1-4H3,(H,28,33)(H,29,34)(H,30,31). The van der Waals surface area contributed by atoms with Gasteiger partial charge in [-0.2, -0.15) is 0 Å². The Morgan fingerprint density at radius 1 is 1.06 bits per heavy atom. The number of fused-ring (bicyclic) bond motifs is 1. The van der Waals surface area contributed by atoms with Gasteiger partial charge in [-0.25, -0.2) is 13.6 Å². The molecule has 0 bridgehead atoms. The molecule has 0 aliphatic carbocycles. The Labute approximate surface area is 199 Å². The number of benzene rings is 2. The van der Waals surface area contributed by atoms with Crippen molar-refractivity contribution in [2.75, 3.05) is 6.54 Å². The molecular weight excluding hydrogens is 460 g/mol. The van der Waals surface area contributed by atoms with E-state index in [1.54, 1.807) is 20.8 Å². The Morgan fingerprint density at radius 2 is 1.71 bits per heavy atom. The van der Waals surface area contributed by atoms with Crippen LogP contribution >= 0.6 is 0 Å². The number of amides is 2. The Bertz CT molecular complexity index is 1340. The van der Waals surface area contributed by atoms with Crippen molar-refractivity contribution in [3.8, 4) is 0 Å². The van der Waals surface area contributed by atoms with E-state index < -0.39 is 58.7 Å². The SMILES string of the molecule is CC(NC(=O)CNC(=O)OC(C)(C)C)c1cc(F)c(C(=O)c2cccc3c(=O)[nH]ccc23)c(F)c1. The van der Waals surface area contributed by atoms with Crippen LogP contribution in [0.15, 0.2) is 47.4 Å². The highest BCUT2D eigenvalue weighted by atomic mass is 19.1. The number of alkyl carbamates (subject to hydrolysis) is 1. The average Bonchev–Trinajstić information content (AvgIpc) is 2.76. The average molecular weight is 485 g/mol. The number of halogens is 2. The lowest BCUT2D eigenvalue weighted by Gasteiger charge is -2.20. The number of ketones is 1. The fourth-order valence-electron chi connectivity index (χ4n) is 3.46. The lowest BCUT2D eigenvalue weighted by Crippen LogP contribution is -2.40. The zero-order chi connectivity index (χ0) is 25.9. The van der Waals surface area contributed by atoms with E-state index in [1.165, 1.54) is 37.4 Å². The molecule has 0 radical (unpaired) electrons. The molecule has 3 N–H and O–H groups in total. The third-order valence-electron chi connectivity index (χ3n) is 5.02. The molecule has 0 aliphatic rings. The van der Waals surface area contributed by atoms with Crippen LogP contribution in [0, 0.1) is 11.6 Å². The molecular formula is C25H25F2N3O5. The molecule has 35 heavy (non-hydrogen) atoms. The largest absolute Gasteiger partial charge is 0.444 e. The second-order valence-electron chi connectivity index (χ2n) is 8.91. The van der Waals surface area contributed by atoms with E-state index in [-0.39, 0.29) is 21.9 Å². The van der Waals surface area contributed by atoms with Gasteiger partial charge in [-0.15, -0.1) is 0 Å². The summed E-state index contributed by atoms with van der Waals surface area (Å²) in [5.74, 6) is -3.74. The lowest BCUT2D eigenvalue weighted by atomic mass is 9.95. The topological polar surface area (TPSA) is 117 Å². The normalized spacial score (nSPS) is 12.2. The summed E-state index contributed by atoms with van der Waals surface area (Å²) in [5.41, 5.74) is -1.87. The molecule has 0 aliphatic heterocycles. The van der Waals surface area contributed by atoms with Gasteiger partial charge in [0.2, 0.25) is 5.91 Å². The third-order valence-corrected chi connectivity index (χ3v) is 5.02. The highest BCUT2D eigenvalue weighted by molar-refractivity contribution is 6.16. The van der Waals surface area contributed by atoms with Gasteiger partial charge < -0.3 is 20.4 Å². The lowest BCUT2D eigenvalue weighted by molar-refractivity contribution is -0.120. The summed E-state index contributed by atoms with van der Waals surface area (Å²) in [5, 5.41) is 5.28. The van der Waals surface area contributed by atoms with Crippen LogP contribution in [0.4, 0.5) is 13.6 Å². The van der Waals surface area contributed by atoms with Crippen molar-refractivity contribution >= 4 is 28.6 Å². The molecule has 3 rings (SSSR count). The number of H-pyrrole nitrogens is 1. The van der Waals surface area contributed by atoms with Crippen molar-refractivity contribution in [1.29, 1.82) is 0 Å². The molecule has 0 saturated heterocycles. The molecule has 8 nitrogen and oxygen atoms in total. The predicted octanol–water partition coefficient (Wildman–Crippen LogP) is 3.74. The molecule has 0 spiro atoms. The van der Waals surface area contributed by atoms with Gasteiger partial charge in [-0.05, 0) is 62.9 Å². The van der Waals surface area contributed by atoms with Crippen LogP contribution in [0.3, 0.4) is 0 Å². The summed E-state index contributed by atoms with van der Waals surface area (Å²) >= 11 is 0. The van der Waals surface area contributed by atoms with Crippen molar-refractivity contribution < 1.29 is 27.9 Å². The number of aromatic amines is 1. The molecule has 0 saturated carbocycles. The first-order valence-electron chi connectivity index (χ1n) is 10.8. The van der Waals surface area contributed by atoms with E-state index in [0.29, 0.717) is 0 Å². The van der Waals surface area contributed by atoms with E-state index in [0.717, 1.165) is 12.1 Å². The van der Waals surface area contributed by atoms with Crippen molar-refractivity contribution in [2.24, 2.45) is 0 Å². The van der Waals surface area contributed by atoms with Gasteiger partial charge in [0.05, 0.1) is 11.6 Å².